The van der Waals surface area contributed by atoms with Crippen LogP contribution >= 0.6 is 0 Å². The Morgan fingerprint density at radius 3 is 2.95 bits per heavy atom. The Hall–Kier alpha value is -2.36. The van der Waals surface area contributed by atoms with Gasteiger partial charge in [0.15, 0.2) is 0 Å². The minimum Gasteiger partial charge on any atom is -0.487 e. The summed E-state index contributed by atoms with van der Waals surface area (Å²) in [5.41, 5.74) is 1.19. The highest BCUT2D eigenvalue weighted by Crippen LogP contribution is 2.18. The van der Waals surface area contributed by atoms with Crippen LogP contribution in [0.25, 0.3) is 10.9 Å². The molecule has 1 aromatic heterocycles. The number of carbonyl (C=O) groups is 1. The van der Waals surface area contributed by atoms with Crippen molar-refractivity contribution >= 4 is 16.9 Å². The van der Waals surface area contributed by atoms with Gasteiger partial charge in [-0.15, -0.1) is 0 Å². The van der Waals surface area contributed by atoms with Gasteiger partial charge in [-0.05, 0) is 19.1 Å². The summed E-state index contributed by atoms with van der Waals surface area (Å²) in [5.74, 6) is 0.167. The van der Waals surface area contributed by atoms with E-state index in [4.69, 9.17) is 9.47 Å². The average Bonchev–Trinajstić information content (AvgIpc) is 2.44. The number of carbonyl (C=O) groups excluding carboxylic acids is 1. The monoisotopic (exact) mass is 257 g/mol. The summed E-state index contributed by atoms with van der Waals surface area (Å²) in [7, 11) is 0. The molecule has 0 amide bonds. The largest absolute Gasteiger partial charge is 0.487 e. The normalized spacial score (nSPS) is 10.2. The van der Waals surface area contributed by atoms with Crippen molar-refractivity contribution in [3.05, 3.63) is 48.7 Å². The summed E-state index contributed by atoms with van der Waals surface area (Å²) >= 11 is 0. The third-order valence-corrected chi connectivity index (χ3v) is 2.54. The van der Waals surface area contributed by atoms with Gasteiger partial charge in [0.1, 0.15) is 12.4 Å². The minimum atomic E-state index is -0.434. The van der Waals surface area contributed by atoms with Gasteiger partial charge in [-0.3, -0.25) is 4.98 Å². The SMILES string of the molecule is C=C(COc1cnc2ccccc2c1)C(=O)OCC. The first kappa shape index (κ1) is 13.1. The molecule has 0 aliphatic carbocycles. The summed E-state index contributed by atoms with van der Waals surface area (Å²) < 4.78 is 10.3. The zero-order valence-corrected chi connectivity index (χ0v) is 10.8. The van der Waals surface area contributed by atoms with E-state index >= 15 is 0 Å². The summed E-state index contributed by atoms with van der Waals surface area (Å²) in [5, 5.41) is 0.988. The highest BCUT2D eigenvalue weighted by atomic mass is 16.5. The average molecular weight is 257 g/mol. The molecule has 19 heavy (non-hydrogen) atoms. The number of benzene rings is 1. The lowest BCUT2D eigenvalue weighted by Gasteiger charge is -2.08. The molecule has 0 aliphatic heterocycles. The third-order valence-electron chi connectivity index (χ3n) is 2.54. The maximum absolute atomic E-state index is 11.4. The van der Waals surface area contributed by atoms with Gasteiger partial charge in [-0.25, -0.2) is 4.79 Å². The van der Waals surface area contributed by atoms with Crippen LogP contribution in [0.15, 0.2) is 48.7 Å². The molecule has 0 bridgehead atoms. The van der Waals surface area contributed by atoms with E-state index in [1.54, 1.807) is 13.1 Å². The van der Waals surface area contributed by atoms with Gasteiger partial charge >= 0.3 is 5.97 Å². The molecule has 0 saturated carbocycles. The van der Waals surface area contributed by atoms with Crippen molar-refractivity contribution in [3.63, 3.8) is 0 Å². The van der Waals surface area contributed by atoms with Crippen LogP contribution in [0.1, 0.15) is 6.92 Å². The first-order valence-corrected chi connectivity index (χ1v) is 6.03. The van der Waals surface area contributed by atoms with E-state index in [1.165, 1.54) is 0 Å². The molecule has 1 aromatic carbocycles. The van der Waals surface area contributed by atoms with Crippen molar-refractivity contribution in [2.75, 3.05) is 13.2 Å². The number of esters is 1. The lowest BCUT2D eigenvalue weighted by atomic mass is 10.2. The highest BCUT2D eigenvalue weighted by molar-refractivity contribution is 5.88. The Kier molecular flexibility index (Phi) is 4.13. The van der Waals surface area contributed by atoms with Gasteiger partial charge in [0, 0.05) is 5.39 Å². The lowest BCUT2D eigenvalue weighted by molar-refractivity contribution is -0.138. The minimum absolute atomic E-state index is 0.0961. The van der Waals surface area contributed by atoms with Gasteiger partial charge < -0.3 is 9.47 Å². The predicted octanol–water partition coefficient (Wildman–Crippen LogP) is 2.73. The zero-order valence-electron chi connectivity index (χ0n) is 10.8. The van der Waals surface area contributed by atoms with E-state index in [9.17, 15) is 4.79 Å². The number of fused-ring (bicyclic) bond motifs is 1. The van der Waals surface area contributed by atoms with Crippen LogP contribution in [-0.2, 0) is 9.53 Å². The smallest absolute Gasteiger partial charge is 0.336 e. The molecule has 0 aliphatic rings. The summed E-state index contributed by atoms with van der Waals surface area (Å²) in [6.45, 7) is 5.80. The van der Waals surface area contributed by atoms with Crippen molar-refractivity contribution in [2.24, 2.45) is 0 Å². The second kappa shape index (κ2) is 6.00. The maximum Gasteiger partial charge on any atom is 0.336 e. The molecule has 4 nitrogen and oxygen atoms in total. The van der Waals surface area contributed by atoms with Gasteiger partial charge in [-0.1, -0.05) is 24.8 Å². The van der Waals surface area contributed by atoms with Crippen molar-refractivity contribution in [2.45, 2.75) is 6.92 Å². The maximum atomic E-state index is 11.4. The van der Waals surface area contributed by atoms with E-state index in [-0.39, 0.29) is 12.2 Å². The summed E-state index contributed by atoms with van der Waals surface area (Å²) in [4.78, 5) is 15.6. The van der Waals surface area contributed by atoms with E-state index in [0.717, 1.165) is 10.9 Å². The molecular formula is C15H15NO3. The van der Waals surface area contributed by atoms with Gasteiger partial charge in [-0.2, -0.15) is 0 Å². The number of ether oxygens (including phenoxy) is 2. The van der Waals surface area contributed by atoms with Gasteiger partial charge in [0.2, 0.25) is 0 Å². The van der Waals surface area contributed by atoms with E-state index in [2.05, 4.69) is 11.6 Å². The van der Waals surface area contributed by atoms with Crippen molar-refractivity contribution in [1.29, 1.82) is 0 Å². The standard InChI is InChI=1S/C15H15NO3/c1-3-18-15(17)11(2)10-19-13-8-12-6-4-5-7-14(12)16-9-13/h4-9H,2-3,10H2,1H3. The fourth-order valence-corrected chi connectivity index (χ4v) is 1.59. The zero-order chi connectivity index (χ0) is 13.7. The Labute approximate surface area is 111 Å². The predicted molar refractivity (Wildman–Crippen MR) is 73.0 cm³/mol. The molecule has 0 saturated heterocycles. The first-order chi connectivity index (χ1) is 9.20. The number of rotatable bonds is 5. The molecule has 4 heteroatoms. The molecule has 0 spiro atoms. The third kappa shape index (κ3) is 3.31. The molecule has 2 aromatic rings. The highest BCUT2D eigenvalue weighted by Gasteiger charge is 2.08. The van der Waals surface area contributed by atoms with E-state index in [1.807, 2.05) is 30.3 Å². The fraction of sp³-hybridized carbons (Fsp3) is 0.200. The van der Waals surface area contributed by atoms with E-state index < -0.39 is 5.97 Å². The van der Waals surface area contributed by atoms with Crippen molar-refractivity contribution < 1.29 is 14.3 Å². The molecule has 0 N–H and O–H groups in total. The number of aromatic nitrogens is 1. The van der Waals surface area contributed by atoms with Crippen LogP contribution in [0, 0.1) is 0 Å². The van der Waals surface area contributed by atoms with Crippen LogP contribution in [0.3, 0.4) is 0 Å². The summed E-state index contributed by atoms with van der Waals surface area (Å²) in [6.07, 6.45) is 1.63. The number of nitrogens with zero attached hydrogens (tertiary/aromatic N) is 1. The van der Waals surface area contributed by atoms with Crippen molar-refractivity contribution in [1.82, 2.24) is 4.98 Å². The topological polar surface area (TPSA) is 48.4 Å². The van der Waals surface area contributed by atoms with Crippen LogP contribution < -0.4 is 4.74 Å². The molecule has 0 unspecified atom stereocenters. The Morgan fingerprint density at radius 2 is 2.16 bits per heavy atom. The number of hydrogen-bond acceptors (Lipinski definition) is 4. The van der Waals surface area contributed by atoms with Crippen LogP contribution in [-0.4, -0.2) is 24.2 Å². The van der Waals surface area contributed by atoms with Crippen LogP contribution in [0.4, 0.5) is 0 Å². The molecule has 98 valence electrons. The Morgan fingerprint density at radius 1 is 1.37 bits per heavy atom. The number of para-hydroxylation sites is 1. The van der Waals surface area contributed by atoms with Gasteiger partial charge in [0.25, 0.3) is 0 Å². The molecule has 0 radical (unpaired) electrons. The Balaban J connectivity index is 2.02. The quantitative estimate of drug-likeness (QED) is 0.610. The number of pyridine rings is 1. The molecule has 0 fully saturated rings. The molecular weight excluding hydrogens is 242 g/mol. The molecule has 1 heterocycles. The van der Waals surface area contributed by atoms with Crippen LogP contribution in [0.5, 0.6) is 5.75 Å². The number of hydrogen-bond donors (Lipinski definition) is 0. The molecule has 2 rings (SSSR count). The fourth-order valence-electron chi connectivity index (χ4n) is 1.59. The summed E-state index contributed by atoms with van der Waals surface area (Å²) in [6, 6.07) is 9.62. The lowest BCUT2D eigenvalue weighted by Crippen LogP contribution is -2.13. The van der Waals surface area contributed by atoms with Gasteiger partial charge in [0.05, 0.1) is 23.9 Å². The molecule has 0 atom stereocenters. The van der Waals surface area contributed by atoms with Crippen molar-refractivity contribution in [3.8, 4) is 5.75 Å². The van der Waals surface area contributed by atoms with Crippen LogP contribution in [0.2, 0.25) is 0 Å². The van der Waals surface area contributed by atoms with E-state index in [0.29, 0.717) is 12.4 Å². The Bertz CT molecular complexity index is 607. The second-order valence-corrected chi connectivity index (χ2v) is 3.98. The first-order valence-electron chi connectivity index (χ1n) is 6.03. The second-order valence-electron chi connectivity index (χ2n) is 3.98.